The van der Waals surface area contributed by atoms with Gasteiger partial charge in [0.25, 0.3) is 0 Å². The van der Waals surface area contributed by atoms with Crippen LogP contribution in [0.2, 0.25) is 10.0 Å². The van der Waals surface area contributed by atoms with E-state index in [0.717, 1.165) is 32.4 Å². The van der Waals surface area contributed by atoms with Gasteiger partial charge in [0.2, 0.25) is 10.0 Å². The zero-order valence-corrected chi connectivity index (χ0v) is 16.2. The van der Waals surface area contributed by atoms with Gasteiger partial charge >= 0.3 is 0 Å². The molecule has 8 heteroatoms. The van der Waals surface area contributed by atoms with Crippen molar-refractivity contribution in [1.29, 1.82) is 0 Å². The second kappa shape index (κ2) is 9.44. The van der Waals surface area contributed by atoms with E-state index in [4.69, 9.17) is 23.2 Å². The van der Waals surface area contributed by atoms with Crippen LogP contribution in [0.4, 0.5) is 0 Å². The van der Waals surface area contributed by atoms with E-state index in [-0.39, 0.29) is 24.2 Å². The molecule has 1 N–H and O–H groups in total. The Balaban J connectivity index is 0.00000264. The smallest absolute Gasteiger partial charge is 0.218 e. The number of nitrogens with one attached hydrogen (secondary N) is 1. The van der Waals surface area contributed by atoms with Crippen molar-refractivity contribution >= 4 is 45.6 Å². The van der Waals surface area contributed by atoms with Crippen LogP contribution < -0.4 is 5.32 Å². The summed E-state index contributed by atoms with van der Waals surface area (Å²) in [6, 6.07) is 5.02. The summed E-state index contributed by atoms with van der Waals surface area (Å²) < 4.78 is 27.3. The summed E-state index contributed by atoms with van der Waals surface area (Å²) in [5.41, 5.74) is 0.632. The Morgan fingerprint density at radius 2 is 1.74 bits per heavy atom. The van der Waals surface area contributed by atoms with Crippen LogP contribution in [0, 0.1) is 0 Å². The zero-order chi connectivity index (χ0) is 16.2. The number of hydrogen-bond donors (Lipinski definition) is 1. The van der Waals surface area contributed by atoms with Gasteiger partial charge in [0, 0.05) is 22.6 Å². The molecule has 0 aromatic heterocycles. The van der Waals surface area contributed by atoms with Crippen molar-refractivity contribution in [1.82, 2.24) is 9.62 Å². The number of rotatable bonds is 6. The largest absolute Gasteiger partial charge is 0.317 e. The average Bonchev–Trinajstić information content (AvgIpc) is 2.43. The van der Waals surface area contributed by atoms with E-state index in [0.29, 0.717) is 22.2 Å². The van der Waals surface area contributed by atoms with Crippen molar-refractivity contribution < 1.29 is 8.42 Å². The molecule has 2 rings (SSSR count). The Hall–Kier alpha value is -0.0400. The highest BCUT2D eigenvalue weighted by atomic mass is 35.5. The van der Waals surface area contributed by atoms with Gasteiger partial charge in [-0.15, -0.1) is 12.4 Å². The first-order valence-electron chi connectivity index (χ1n) is 7.57. The highest BCUT2D eigenvalue weighted by molar-refractivity contribution is 7.88. The van der Waals surface area contributed by atoms with E-state index in [2.05, 4.69) is 5.32 Å². The predicted molar refractivity (Wildman–Crippen MR) is 99.2 cm³/mol. The fourth-order valence-corrected chi connectivity index (χ4v) is 5.30. The summed E-state index contributed by atoms with van der Waals surface area (Å²) in [6.45, 7) is 4.29. The molecule has 1 saturated heterocycles. The third-order valence-electron chi connectivity index (χ3n) is 3.79. The molecule has 1 heterocycles. The van der Waals surface area contributed by atoms with E-state index in [1.807, 2.05) is 6.92 Å². The lowest BCUT2D eigenvalue weighted by Crippen LogP contribution is -2.46. The second-order valence-corrected chi connectivity index (χ2v) is 8.42. The van der Waals surface area contributed by atoms with E-state index in [9.17, 15) is 8.42 Å². The van der Waals surface area contributed by atoms with Gasteiger partial charge in [0.1, 0.15) is 0 Å². The molecule has 0 amide bonds. The third kappa shape index (κ3) is 6.07. The van der Waals surface area contributed by atoms with Crippen LogP contribution in [-0.2, 0) is 15.8 Å². The summed E-state index contributed by atoms with van der Waals surface area (Å²) in [4.78, 5) is 0. The summed E-state index contributed by atoms with van der Waals surface area (Å²) in [5, 5.41) is 4.19. The Kier molecular flexibility index (Phi) is 8.63. The molecule has 4 nitrogen and oxygen atoms in total. The van der Waals surface area contributed by atoms with Crippen LogP contribution in [0.5, 0.6) is 0 Å². The molecule has 132 valence electrons. The molecule has 1 aliphatic heterocycles. The van der Waals surface area contributed by atoms with Crippen LogP contribution in [0.25, 0.3) is 0 Å². The molecular formula is C15H23Cl3N2O2S. The van der Waals surface area contributed by atoms with Gasteiger partial charge in [-0.2, -0.15) is 4.31 Å². The topological polar surface area (TPSA) is 49.4 Å². The molecule has 1 aromatic carbocycles. The maximum Gasteiger partial charge on any atom is 0.218 e. The lowest BCUT2D eigenvalue weighted by atomic mass is 10.1. The highest BCUT2D eigenvalue weighted by Gasteiger charge is 2.30. The minimum Gasteiger partial charge on any atom is -0.317 e. The molecule has 0 radical (unpaired) electrons. The second-order valence-electron chi connectivity index (χ2n) is 5.63. The zero-order valence-electron chi connectivity index (χ0n) is 13.1. The SMILES string of the molecule is CCCN(C1CCNCC1)S(=O)(=O)Cc1cc(Cl)cc(Cl)c1.Cl. The van der Waals surface area contributed by atoms with E-state index < -0.39 is 10.0 Å². The molecule has 0 saturated carbocycles. The number of piperidine rings is 1. The quantitative estimate of drug-likeness (QED) is 0.790. The predicted octanol–water partition coefficient (Wildman–Crippen LogP) is 3.71. The highest BCUT2D eigenvalue weighted by Crippen LogP contribution is 2.24. The Morgan fingerprint density at radius 1 is 1.17 bits per heavy atom. The lowest BCUT2D eigenvalue weighted by Gasteiger charge is -2.33. The van der Waals surface area contributed by atoms with Crippen LogP contribution in [-0.4, -0.2) is 38.4 Å². The van der Waals surface area contributed by atoms with Crippen LogP contribution in [0.1, 0.15) is 31.7 Å². The van der Waals surface area contributed by atoms with Gasteiger partial charge in [-0.25, -0.2) is 8.42 Å². The summed E-state index contributed by atoms with van der Waals surface area (Å²) in [5.74, 6) is -0.0583. The Morgan fingerprint density at radius 3 is 2.26 bits per heavy atom. The molecule has 1 aliphatic rings. The normalized spacial score (nSPS) is 16.3. The van der Waals surface area contributed by atoms with Crippen LogP contribution in [0.15, 0.2) is 18.2 Å². The first-order valence-corrected chi connectivity index (χ1v) is 9.94. The molecule has 1 aromatic rings. The fraction of sp³-hybridized carbons (Fsp3) is 0.600. The van der Waals surface area contributed by atoms with Gasteiger partial charge in [0.05, 0.1) is 5.75 Å². The average molecular weight is 402 g/mol. The Bertz CT molecular complexity index is 584. The van der Waals surface area contributed by atoms with E-state index in [1.165, 1.54) is 0 Å². The molecular weight excluding hydrogens is 379 g/mol. The molecule has 0 aliphatic carbocycles. The van der Waals surface area contributed by atoms with Gasteiger partial charge in [-0.05, 0) is 56.1 Å². The number of benzene rings is 1. The Labute approximate surface area is 155 Å². The van der Waals surface area contributed by atoms with Crippen molar-refractivity contribution in [2.75, 3.05) is 19.6 Å². The van der Waals surface area contributed by atoms with Gasteiger partial charge < -0.3 is 5.32 Å². The molecule has 1 fully saturated rings. The molecule has 0 unspecified atom stereocenters. The maximum atomic E-state index is 12.8. The summed E-state index contributed by atoms with van der Waals surface area (Å²) >= 11 is 11.9. The first-order chi connectivity index (χ1) is 10.4. The number of sulfonamides is 1. The summed E-state index contributed by atoms with van der Waals surface area (Å²) in [7, 11) is -3.38. The molecule has 0 bridgehead atoms. The van der Waals surface area contributed by atoms with Gasteiger partial charge in [-0.1, -0.05) is 30.1 Å². The van der Waals surface area contributed by atoms with Crippen molar-refractivity contribution in [2.45, 2.75) is 38.0 Å². The minimum absolute atomic E-state index is 0. The van der Waals surface area contributed by atoms with Crippen molar-refractivity contribution in [2.24, 2.45) is 0 Å². The standard InChI is InChI=1S/C15H22Cl2N2O2S.ClH/c1-2-7-19(15-3-5-18-6-4-15)22(20,21)11-12-8-13(16)10-14(17)9-12;/h8-10,15,18H,2-7,11H2,1H3;1H. The van der Waals surface area contributed by atoms with Gasteiger partial charge in [0.15, 0.2) is 0 Å². The van der Waals surface area contributed by atoms with E-state index in [1.54, 1.807) is 22.5 Å². The van der Waals surface area contributed by atoms with Gasteiger partial charge in [-0.3, -0.25) is 0 Å². The number of nitrogens with zero attached hydrogens (tertiary/aromatic N) is 1. The van der Waals surface area contributed by atoms with Crippen molar-refractivity contribution in [3.63, 3.8) is 0 Å². The molecule has 0 spiro atoms. The monoisotopic (exact) mass is 400 g/mol. The molecule has 0 atom stereocenters. The lowest BCUT2D eigenvalue weighted by molar-refractivity contribution is 0.262. The van der Waals surface area contributed by atoms with Crippen LogP contribution in [0.3, 0.4) is 0 Å². The third-order valence-corrected chi connectivity index (χ3v) is 6.12. The van der Waals surface area contributed by atoms with Crippen molar-refractivity contribution in [3.8, 4) is 0 Å². The first kappa shape index (κ1) is 21.0. The van der Waals surface area contributed by atoms with Crippen LogP contribution >= 0.6 is 35.6 Å². The molecule has 23 heavy (non-hydrogen) atoms. The maximum absolute atomic E-state index is 12.8. The fourth-order valence-electron chi connectivity index (χ4n) is 2.85. The number of hydrogen-bond acceptors (Lipinski definition) is 3. The number of halogens is 3. The minimum atomic E-state index is -3.38. The van der Waals surface area contributed by atoms with E-state index >= 15 is 0 Å². The summed E-state index contributed by atoms with van der Waals surface area (Å²) in [6.07, 6.45) is 2.52. The van der Waals surface area contributed by atoms with Crippen molar-refractivity contribution in [3.05, 3.63) is 33.8 Å².